The van der Waals surface area contributed by atoms with E-state index < -0.39 is 10.0 Å². The Morgan fingerprint density at radius 3 is 2.38 bits per heavy atom. The Morgan fingerprint density at radius 2 is 1.83 bits per heavy atom. The zero-order chi connectivity index (χ0) is 21.2. The van der Waals surface area contributed by atoms with Crippen LogP contribution in [-0.2, 0) is 17.1 Å². The number of aromatic nitrogens is 2. The van der Waals surface area contributed by atoms with Crippen molar-refractivity contribution in [2.24, 2.45) is 7.05 Å². The molecule has 1 aromatic heterocycles. The molecule has 1 fully saturated rings. The highest BCUT2D eigenvalue weighted by atomic mass is 32.2. The number of rotatable bonds is 7. The number of carbonyl (C=O) groups is 1. The van der Waals surface area contributed by atoms with E-state index in [0.29, 0.717) is 24.5 Å². The lowest BCUT2D eigenvalue weighted by molar-refractivity contribution is 0.101. The Kier molecular flexibility index (Phi) is 6.28. The first-order chi connectivity index (χ1) is 13.8. The number of benzene rings is 1. The van der Waals surface area contributed by atoms with Gasteiger partial charge in [0.1, 0.15) is 5.69 Å². The molecule has 1 amide bonds. The fraction of sp³-hybridized carbons (Fsp3) is 0.500. The van der Waals surface area contributed by atoms with Crippen molar-refractivity contribution in [1.29, 1.82) is 0 Å². The van der Waals surface area contributed by atoms with Crippen LogP contribution >= 0.6 is 0 Å². The van der Waals surface area contributed by atoms with Crippen molar-refractivity contribution < 1.29 is 13.2 Å². The average molecular weight is 420 g/mol. The summed E-state index contributed by atoms with van der Waals surface area (Å²) in [5.74, 6) is -0.314. The lowest BCUT2D eigenvalue weighted by Gasteiger charge is -2.24. The molecule has 2 aromatic rings. The molecule has 3 rings (SSSR count). The minimum atomic E-state index is -3.62. The molecule has 1 aliphatic rings. The van der Waals surface area contributed by atoms with Gasteiger partial charge in [-0.05, 0) is 44.0 Å². The zero-order valence-electron chi connectivity index (χ0n) is 17.5. The van der Waals surface area contributed by atoms with Gasteiger partial charge in [0.15, 0.2) is 0 Å². The SMILES string of the molecule is CCN(CC)S(=O)(=O)c1ccc(N2CCCC2)c(NC(=O)c2cc(C)nn2C)c1. The molecule has 0 saturated carbocycles. The Hall–Kier alpha value is -2.39. The van der Waals surface area contributed by atoms with Crippen LogP contribution in [0.1, 0.15) is 42.9 Å². The van der Waals surface area contributed by atoms with E-state index in [9.17, 15) is 13.2 Å². The van der Waals surface area contributed by atoms with Crippen molar-refractivity contribution in [3.8, 4) is 0 Å². The molecule has 2 heterocycles. The van der Waals surface area contributed by atoms with Gasteiger partial charge in [-0.3, -0.25) is 9.48 Å². The maximum absolute atomic E-state index is 13.0. The lowest BCUT2D eigenvalue weighted by Crippen LogP contribution is -2.31. The Balaban J connectivity index is 2.01. The molecule has 0 aliphatic carbocycles. The minimum absolute atomic E-state index is 0.181. The molecule has 1 saturated heterocycles. The van der Waals surface area contributed by atoms with E-state index in [2.05, 4.69) is 15.3 Å². The second kappa shape index (κ2) is 8.54. The topological polar surface area (TPSA) is 87.5 Å². The summed E-state index contributed by atoms with van der Waals surface area (Å²) in [5.41, 5.74) is 2.51. The third-order valence-corrected chi connectivity index (χ3v) is 7.29. The smallest absolute Gasteiger partial charge is 0.273 e. The van der Waals surface area contributed by atoms with Crippen LogP contribution in [0, 0.1) is 6.92 Å². The van der Waals surface area contributed by atoms with E-state index in [-0.39, 0.29) is 10.8 Å². The number of hydrogen-bond acceptors (Lipinski definition) is 5. The lowest BCUT2D eigenvalue weighted by atomic mass is 10.2. The van der Waals surface area contributed by atoms with Gasteiger partial charge in [0, 0.05) is 33.2 Å². The number of nitrogens with one attached hydrogen (secondary N) is 1. The molecule has 0 spiro atoms. The standard InChI is InChI=1S/C20H29N5O3S/c1-5-25(6-2)29(27,28)16-9-10-18(24-11-7-8-12-24)17(14-16)21-20(26)19-13-15(3)22-23(19)4/h9-10,13-14H,5-8,11-12H2,1-4H3,(H,21,26). The predicted molar refractivity (Wildman–Crippen MR) is 114 cm³/mol. The van der Waals surface area contributed by atoms with Gasteiger partial charge in [-0.2, -0.15) is 9.40 Å². The first kappa shape index (κ1) is 21.3. The van der Waals surface area contributed by atoms with E-state index >= 15 is 0 Å². The van der Waals surface area contributed by atoms with Crippen LogP contribution in [-0.4, -0.2) is 54.6 Å². The maximum Gasteiger partial charge on any atom is 0.273 e. The molecular weight excluding hydrogens is 390 g/mol. The van der Waals surface area contributed by atoms with Gasteiger partial charge in [0.25, 0.3) is 5.91 Å². The molecule has 9 heteroatoms. The molecule has 1 aliphatic heterocycles. The van der Waals surface area contributed by atoms with E-state index in [4.69, 9.17) is 0 Å². The van der Waals surface area contributed by atoms with Gasteiger partial charge in [-0.15, -0.1) is 0 Å². The van der Waals surface area contributed by atoms with Crippen LogP contribution in [0.4, 0.5) is 11.4 Å². The minimum Gasteiger partial charge on any atom is -0.370 e. The Morgan fingerprint density at radius 1 is 1.17 bits per heavy atom. The van der Waals surface area contributed by atoms with Gasteiger partial charge < -0.3 is 10.2 Å². The van der Waals surface area contributed by atoms with Gasteiger partial charge in [-0.1, -0.05) is 13.8 Å². The van der Waals surface area contributed by atoms with Crippen molar-refractivity contribution in [2.45, 2.75) is 38.5 Å². The molecule has 8 nitrogen and oxygen atoms in total. The summed E-state index contributed by atoms with van der Waals surface area (Å²) in [6.07, 6.45) is 2.15. The number of anilines is 2. The number of aryl methyl sites for hydroxylation is 2. The van der Waals surface area contributed by atoms with E-state index in [1.165, 1.54) is 8.99 Å². The van der Waals surface area contributed by atoms with Crippen LogP contribution in [0.3, 0.4) is 0 Å². The van der Waals surface area contributed by atoms with Crippen molar-refractivity contribution >= 4 is 27.3 Å². The largest absolute Gasteiger partial charge is 0.370 e. The fourth-order valence-electron chi connectivity index (χ4n) is 3.73. The highest BCUT2D eigenvalue weighted by molar-refractivity contribution is 7.89. The third-order valence-electron chi connectivity index (χ3n) is 5.24. The normalized spacial score (nSPS) is 14.6. The van der Waals surface area contributed by atoms with Crippen LogP contribution < -0.4 is 10.2 Å². The fourth-order valence-corrected chi connectivity index (χ4v) is 5.22. The monoisotopic (exact) mass is 419 g/mol. The van der Waals surface area contributed by atoms with Gasteiger partial charge >= 0.3 is 0 Å². The number of nitrogens with zero attached hydrogens (tertiary/aromatic N) is 4. The number of carbonyl (C=O) groups excluding carboxylic acids is 1. The summed E-state index contributed by atoms with van der Waals surface area (Å²) in [7, 11) is -1.91. The molecular formula is C20H29N5O3S. The highest BCUT2D eigenvalue weighted by Crippen LogP contribution is 2.32. The molecule has 0 atom stereocenters. The summed E-state index contributed by atoms with van der Waals surface area (Å²) in [6.45, 7) is 8.00. The van der Waals surface area contributed by atoms with Crippen LogP contribution in [0.25, 0.3) is 0 Å². The van der Waals surface area contributed by atoms with E-state index in [1.54, 1.807) is 31.3 Å². The summed E-state index contributed by atoms with van der Waals surface area (Å²) in [4.78, 5) is 15.2. The summed E-state index contributed by atoms with van der Waals surface area (Å²) in [6, 6.07) is 6.71. The molecule has 0 unspecified atom stereocenters. The van der Waals surface area contributed by atoms with Crippen LogP contribution in [0.5, 0.6) is 0 Å². The molecule has 0 radical (unpaired) electrons. The van der Waals surface area contributed by atoms with Crippen LogP contribution in [0.15, 0.2) is 29.2 Å². The Bertz CT molecular complexity index is 990. The molecule has 1 aromatic carbocycles. The van der Waals surface area contributed by atoms with E-state index in [1.807, 2.05) is 20.8 Å². The maximum atomic E-state index is 13.0. The molecule has 0 bridgehead atoms. The third kappa shape index (κ3) is 4.30. The highest BCUT2D eigenvalue weighted by Gasteiger charge is 2.25. The van der Waals surface area contributed by atoms with Gasteiger partial charge in [0.05, 0.1) is 22.0 Å². The average Bonchev–Trinajstić information content (AvgIpc) is 3.32. The number of amides is 1. The van der Waals surface area contributed by atoms with E-state index in [0.717, 1.165) is 37.3 Å². The summed E-state index contributed by atoms with van der Waals surface area (Å²) < 4.78 is 28.9. The van der Waals surface area contributed by atoms with Crippen LogP contribution in [0.2, 0.25) is 0 Å². The molecule has 1 N–H and O–H groups in total. The zero-order valence-corrected chi connectivity index (χ0v) is 18.3. The second-order valence-electron chi connectivity index (χ2n) is 7.21. The quantitative estimate of drug-likeness (QED) is 0.745. The number of hydrogen-bond donors (Lipinski definition) is 1. The first-order valence-electron chi connectivity index (χ1n) is 9.99. The van der Waals surface area contributed by atoms with Crippen molar-refractivity contribution in [2.75, 3.05) is 36.4 Å². The Labute approximate surface area is 172 Å². The molecule has 158 valence electrons. The molecule has 29 heavy (non-hydrogen) atoms. The second-order valence-corrected chi connectivity index (χ2v) is 9.15. The van der Waals surface area contributed by atoms with Crippen molar-refractivity contribution in [1.82, 2.24) is 14.1 Å². The van der Waals surface area contributed by atoms with Crippen molar-refractivity contribution in [3.63, 3.8) is 0 Å². The number of sulfonamides is 1. The summed E-state index contributed by atoms with van der Waals surface area (Å²) in [5, 5.41) is 7.14. The first-order valence-corrected chi connectivity index (χ1v) is 11.4. The summed E-state index contributed by atoms with van der Waals surface area (Å²) >= 11 is 0. The van der Waals surface area contributed by atoms with Gasteiger partial charge in [-0.25, -0.2) is 8.42 Å². The predicted octanol–water partition coefficient (Wildman–Crippen LogP) is 2.61. The van der Waals surface area contributed by atoms with Gasteiger partial charge in [0.2, 0.25) is 10.0 Å². The van der Waals surface area contributed by atoms with Crippen molar-refractivity contribution in [3.05, 3.63) is 35.7 Å².